The summed E-state index contributed by atoms with van der Waals surface area (Å²) >= 11 is 6.33. The van der Waals surface area contributed by atoms with E-state index in [1.54, 1.807) is 0 Å². The molecule has 2 atom stereocenters. The predicted octanol–water partition coefficient (Wildman–Crippen LogP) is 4.65. The van der Waals surface area contributed by atoms with Gasteiger partial charge in [0.25, 0.3) is 0 Å². The van der Waals surface area contributed by atoms with Gasteiger partial charge in [0.2, 0.25) is 5.91 Å². The van der Waals surface area contributed by atoms with Gasteiger partial charge in [-0.2, -0.15) is 0 Å². The number of allylic oxidation sites excluding steroid dienone is 2. The number of nitrogens with one attached hydrogen (secondary N) is 1. The van der Waals surface area contributed by atoms with Crippen molar-refractivity contribution >= 4 is 23.3 Å². The number of carbonyl (C=O) groups excluding carboxylic acids is 2. The van der Waals surface area contributed by atoms with Crippen LogP contribution in [0, 0.1) is 6.92 Å². The Hall–Kier alpha value is -2.39. The van der Waals surface area contributed by atoms with Crippen LogP contribution >= 0.6 is 11.6 Å². The number of benzene rings is 2. The largest absolute Gasteiger partial charge is 0.329 e. The first kappa shape index (κ1) is 17.0. The lowest BCUT2D eigenvalue weighted by molar-refractivity contribution is -0.122. The van der Waals surface area contributed by atoms with E-state index in [2.05, 4.69) is 5.32 Å². The Morgan fingerprint density at radius 2 is 1.69 bits per heavy atom. The van der Waals surface area contributed by atoms with Gasteiger partial charge in [0.1, 0.15) is 0 Å². The van der Waals surface area contributed by atoms with Crippen LogP contribution in [0.1, 0.15) is 47.8 Å². The van der Waals surface area contributed by atoms with Gasteiger partial charge in [0, 0.05) is 35.1 Å². The average molecular weight is 366 g/mol. The van der Waals surface area contributed by atoms with Crippen molar-refractivity contribution in [3.63, 3.8) is 0 Å². The first-order chi connectivity index (χ1) is 12.5. The predicted molar refractivity (Wildman–Crippen MR) is 102 cm³/mol. The number of hydrogen-bond donors (Lipinski definition) is 1. The van der Waals surface area contributed by atoms with Gasteiger partial charge in [-0.25, -0.2) is 0 Å². The van der Waals surface area contributed by atoms with Gasteiger partial charge in [0.05, 0.1) is 0 Å². The normalized spacial score (nSPS) is 22.8. The maximum Gasteiger partial charge on any atom is 0.225 e. The minimum absolute atomic E-state index is 0.00650. The number of carbonyl (C=O) groups is 2. The number of ketones is 1. The Morgan fingerprint density at radius 1 is 0.962 bits per heavy atom. The first-order valence-electron chi connectivity index (χ1n) is 8.90. The van der Waals surface area contributed by atoms with Crippen molar-refractivity contribution in [3.8, 4) is 0 Å². The summed E-state index contributed by atoms with van der Waals surface area (Å²) in [5.74, 6) is -0.0604. The topological polar surface area (TPSA) is 46.2 Å². The van der Waals surface area contributed by atoms with E-state index in [1.807, 2.05) is 55.5 Å². The standard InChI is InChI=1S/C22H20ClNO2/c1-13-6-8-14(9-7-13)17-12-21(26)24-19-10-15(11-20(25)22(17)19)16-4-2-3-5-18(16)23/h2-9,15,17H,10-12H2,1H3,(H,24,26). The monoisotopic (exact) mass is 365 g/mol. The van der Waals surface area contributed by atoms with E-state index >= 15 is 0 Å². The smallest absolute Gasteiger partial charge is 0.225 e. The van der Waals surface area contributed by atoms with Crippen molar-refractivity contribution in [3.05, 3.63) is 81.5 Å². The van der Waals surface area contributed by atoms with Gasteiger partial charge in [-0.1, -0.05) is 59.6 Å². The third kappa shape index (κ3) is 3.08. The van der Waals surface area contributed by atoms with Crippen LogP contribution in [0.3, 0.4) is 0 Å². The van der Waals surface area contributed by atoms with Crippen LogP contribution in [-0.2, 0) is 9.59 Å². The van der Waals surface area contributed by atoms with Crippen LogP contribution in [0.2, 0.25) is 5.02 Å². The molecule has 1 aliphatic carbocycles. The molecule has 1 aliphatic heterocycles. The van der Waals surface area contributed by atoms with Crippen molar-refractivity contribution < 1.29 is 9.59 Å². The first-order valence-corrected chi connectivity index (χ1v) is 9.28. The van der Waals surface area contributed by atoms with Gasteiger partial charge < -0.3 is 5.32 Å². The van der Waals surface area contributed by atoms with E-state index in [0.717, 1.165) is 28.0 Å². The number of amides is 1. The van der Waals surface area contributed by atoms with Crippen LogP contribution in [0.5, 0.6) is 0 Å². The van der Waals surface area contributed by atoms with Crippen LogP contribution in [-0.4, -0.2) is 11.7 Å². The van der Waals surface area contributed by atoms with Crippen LogP contribution in [0.25, 0.3) is 0 Å². The molecule has 2 aromatic rings. The lowest BCUT2D eigenvalue weighted by atomic mass is 9.73. The SMILES string of the molecule is Cc1ccc(C2CC(=O)NC3=C2C(=O)CC(c2ccccc2Cl)C3)cc1. The lowest BCUT2D eigenvalue weighted by Gasteiger charge is -2.34. The van der Waals surface area contributed by atoms with Crippen molar-refractivity contribution in [2.45, 2.75) is 38.0 Å². The third-order valence-corrected chi connectivity index (χ3v) is 5.71. The van der Waals surface area contributed by atoms with Gasteiger partial charge >= 0.3 is 0 Å². The second kappa shape index (κ2) is 6.73. The van der Waals surface area contributed by atoms with Gasteiger partial charge in [-0.15, -0.1) is 0 Å². The van der Waals surface area contributed by atoms with E-state index in [1.165, 1.54) is 0 Å². The van der Waals surface area contributed by atoms with E-state index in [0.29, 0.717) is 24.3 Å². The molecule has 0 bridgehead atoms. The molecule has 0 saturated carbocycles. The summed E-state index contributed by atoms with van der Waals surface area (Å²) in [5.41, 5.74) is 4.71. The summed E-state index contributed by atoms with van der Waals surface area (Å²) in [6.45, 7) is 2.03. The van der Waals surface area contributed by atoms with E-state index in [4.69, 9.17) is 11.6 Å². The summed E-state index contributed by atoms with van der Waals surface area (Å²) in [6, 6.07) is 15.7. The molecule has 4 rings (SSSR count). The highest BCUT2D eigenvalue weighted by molar-refractivity contribution is 6.31. The molecule has 3 nitrogen and oxygen atoms in total. The lowest BCUT2D eigenvalue weighted by Crippen LogP contribution is -2.38. The molecule has 26 heavy (non-hydrogen) atoms. The Morgan fingerprint density at radius 3 is 2.42 bits per heavy atom. The summed E-state index contributed by atoms with van der Waals surface area (Å²) in [5, 5.41) is 3.63. The molecule has 0 fully saturated rings. The van der Waals surface area contributed by atoms with E-state index in [9.17, 15) is 9.59 Å². The van der Waals surface area contributed by atoms with Crippen molar-refractivity contribution in [2.75, 3.05) is 0 Å². The minimum atomic E-state index is -0.154. The zero-order valence-electron chi connectivity index (χ0n) is 14.6. The van der Waals surface area contributed by atoms with Gasteiger partial charge in [-0.3, -0.25) is 9.59 Å². The molecule has 2 unspecified atom stereocenters. The molecule has 2 aliphatic rings. The molecule has 0 saturated heterocycles. The third-order valence-electron chi connectivity index (χ3n) is 5.36. The average Bonchev–Trinajstić information content (AvgIpc) is 2.61. The molecule has 2 aromatic carbocycles. The molecular formula is C22H20ClNO2. The second-order valence-electron chi connectivity index (χ2n) is 7.16. The van der Waals surface area contributed by atoms with Crippen molar-refractivity contribution in [1.82, 2.24) is 5.32 Å². The molecule has 132 valence electrons. The molecule has 1 N–H and O–H groups in total. The zero-order valence-corrected chi connectivity index (χ0v) is 15.3. The number of hydrogen-bond acceptors (Lipinski definition) is 2. The Kier molecular flexibility index (Phi) is 4.41. The number of aryl methyl sites for hydroxylation is 1. The van der Waals surface area contributed by atoms with Crippen molar-refractivity contribution in [1.29, 1.82) is 0 Å². The van der Waals surface area contributed by atoms with Gasteiger partial charge in [0.15, 0.2) is 5.78 Å². The molecular weight excluding hydrogens is 346 g/mol. The number of Topliss-reactive ketones (excluding diaryl/α,β-unsaturated/α-hetero) is 1. The van der Waals surface area contributed by atoms with Crippen LogP contribution < -0.4 is 5.32 Å². The fourth-order valence-electron chi connectivity index (χ4n) is 4.07. The fourth-order valence-corrected chi connectivity index (χ4v) is 4.36. The Balaban J connectivity index is 1.73. The summed E-state index contributed by atoms with van der Waals surface area (Å²) in [6.07, 6.45) is 1.39. The summed E-state index contributed by atoms with van der Waals surface area (Å²) in [4.78, 5) is 25.3. The highest BCUT2D eigenvalue weighted by Crippen LogP contribution is 2.43. The van der Waals surface area contributed by atoms with Crippen LogP contribution in [0.15, 0.2) is 59.8 Å². The molecule has 0 aromatic heterocycles. The van der Waals surface area contributed by atoms with Crippen LogP contribution in [0.4, 0.5) is 0 Å². The Bertz CT molecular complexity index is 914. The fraction of sp³-hybridized carbons (Fsp3) is 0.273. The number of rotatable bonds is 2. The second-order valence-corrected chi connectivity index (χ2v) is 7.56. The molecule has 1 heterocycles. The zero-order chi connectivity index (χ0) is 18.3. The summed E-state index contributed by atoms with van der Waals surface area (Å²) < 4.78 is 0. The highest BCUT2D eigenvalue weighted by atomic mass is 35.5. The number of halogens is 1. The van der Waals surface area contributed by atoms with Gasteiger partial charge in [-0.05, 0) is 36.5 Å². The molecule has 0 radical (unpaired) electrons. The van der Waals surface area contributed by atoms with E-state index in [-0.39, 0.29) is 23.5 Å². The molecule has 4 heteroatoms. The molecule has 1 amide bonds. The quantitative estimate of drug-likeness (QED) is 0.841. The maximum atomic E-state index is 13.0. The van der Waals surface area contributed by atoms with Crippen molar-refractivity contribution in [2.24, 2.45) is 0 Å². The highest BCUT2D eigenvalue weighted by Gasteiger charge is 2.38. The maximum absolute atomic E-state index is 13.0. The Labute approximate surface area is 158 Å². The van der Waals surface area contributed by atoms with E-state index < -0.39 is 0 Å². The molecule has 0 spiro atoms. The minimum Gasteiger partial charge on any atom is -0.329 e. The summed E-state index contributed by atoms with van der Waals surface area (Å²) in [7, 11) is 0.